The minimum Gasteiger partial charge on any atom is -0.497 e. The number of hydrogen-bond donors (Lipinski definition) is 0. The Labute approximate surface area is 146 Å². The normalized spacial score (nSPS) is 15.0. The second-order valence-corrected chi connectivity index (χ2v) is 5.51. The van der Waals surface area contributed by atoms with Gasteiger partial charge in [-0.3, -0.25) is 0 Å². The Morgan fingerprint density at radius 3 is 2.68 bits per heavy atom. The molecule has 0 saturated heterocycles. The molecule has 0 unspecified atom stereocenters. The fraction of sp³-hybridized carbons (Fsp3) is 0.200. The van der Waals surface area contributed by atoms with E-state index >= 15 is 0 Å². The largest absolute Gasteiger partial charge is 0.497 e. The van der Waals surface area contributed by atoms with Crippen LogP contribution < -0.4 is 9.47 Å². The number of hydrogen-bond acceptors (Lipinski definition) is 5. The third-order valence-electron chi connectivity index (χ3n) is 3.86. The Bertz CT molecular complexity index is 839. The Hall–Kier alpha value is -3.08. The zero-order valence-electron chi connectivity index (χ0n) is 14.2. The zero-order chi connectivity index (χ0) is 17.6. The van der Waals surface area contributed by atoms with Crippen LogP contribution in [0.3, 0.4) is 0 Å². The number of aliphatic imine (C=N–C) groups is 1. The van der Waals surface area contributed by atoms with Crippen molar-refractivity contribution in [1.82, 2.24) is 0 Å². The highest BCUT2D eigenvalue weighted by Gasteiger charge is 2.22. The molecule has 5 nitrogen and oxygen atoms in total. The summed E-state index contributed by atoms with van der Waals surface area (Å²) in [5.74, 6) is 1.53. The molecule has 1 aliphatic rings. The molecule has 128 valence electrons. The van der Waals surface area contributed by atoms with Gasteiger partial charge in [-0.05, 0) is 41.8 Å². The first-order chi connectivity index (χ1) is 12.2. The van der Waals surface area contributed by atoms with E-state index < -0.39 is 5.97 Å². The molecule has 2 aromatic carbocycles. The first kappa shape index (κ1) is 16.8. The molecule has 2 aromatic rings. The highest BCUT2D eigenvalue weighted by molar-refractivity contribution is 6.07. The van der Waals surface area contributed by atoms with Gasteiger partial charge in [-0.15, -0.1) is 0 Å². The Morgan fingerprint density at radius 1 is 1.04 bits per heavy atom. The average molecular weight is 337 g/mol. The fourth-order valence-corrected chi connectivity index (χ4v) is 2.60. The van der Waals surface area contributed by atoms with Crippen LogP contribution in [0.5, 0.6) is 11.5 Å². The molecule has 0 amide bonds. The molecule has 0 aromatic heterocycles. The SMILES string of the molecule is COc1cccc(/C=C2/N=C(CCc3ccccc3OC)OC2=O)c1. The lowest BCUT2D eigenvalue weighted by molar-refractivity contribution is -0.130. The van der Waals surface area contributed by atoms with Gasteiger partial charge in [0.1, 0.15) is 11.5 Å². The summed E-state index contributed by atoms with van der Waals surface area (Å²) in [6.07, 6.45) is 2.91. The summed E-state index contributed by atoms with van der Waals surface area (Å²) in [6, 6.07) is 15.2. The molecule has 0 radical (unpaired) electrons. The van der Waals surface area contributed by atoms with Crippen molar-refractivity contribution in [2.75, 3.05) is 14.2 Å². The lowest BCUT2D eigenvalue weighted by Crippen LogP contribution is -2.05. The Morgan fingerprint density at radius 2 is 1.88 bits per heavy atom. The lowest BCUT2D eigenvalue weighted by atomic mass is 10.1. The topological polar surface area (TPSA) is 57.1 Å². The van der Waals surface area contributed by atoms with Crippen molar-refractivity contribution in [3.8, 4) is 11.5 Å². The van der Waals surface area contributed by atoms with Gasteiger partial charge in [0.2, 0.25) is 0 Å². The predicted octanol–water partition coefficient (Wildman–Crippen LogP) is 3.63. The predicted molar refractivity (Wildman–Crippen MR) is 95.8 cm³/mol. The number of cyclic esters (lactones) is 1. The lowest BCUT2D eigenvalue weighted by Gasteiger charge is -2.07. The van der Waals surface area contributed by atoms with Crippen LogP contribution in [0.15, 0.2) is 59.2 Å². The van der Waals surface area contributed by atoms with Gasteiger partial charge in [0.05, 0.1) is 14.2 Å². The third kappa shape index (κ3) is 4.07. The van der Waals surface area contributed by atoms with E-state index in [0.717, 1.165) is 22.6 Å². The summed E-state index contributed by atoms with van der Waals surface area (Å²) >= 11 is 0. The smallest absolute Gasteiger partial charge is 0.363 e. The first-order valence-electron chi connectivity index (χ1n) is 7.97. The van der Waals surface area contributed by atoms with E-state index in [0.29, 0.717) is 24.4 Å². The monoisotopic (exact) mass is 337 g/mol. The minimum atomic E-state index is -0.433. The molecule has 0 atom stereocenters. The number of carbonyl (C=O) groups excluding carboxylic acids is 1. The summed E-state index contributed by atoms with van der Waals surface area (Å²) in [4.78, 5) is 16.3. The van der Waals surface area contributed by atoms with Crippen LogP contribution in [0.4, 0.5) is 0 Å². The number of nitrogens with zero attached hydrogens (tertiary/aromatic N) is 1. The molecule has 0 aliphatic carbocycles. The van der Waals surface area contributed by atoms with Crippen molar-refractivity contribution in [3.63, 3.8) is 0 Å². The molecule has 0 N–H and O–H groups in total. The van der Waals surface area contributed by atoms with Gasteiger partial charge in [-0.2, -0.15) is 0 Å². The maximum absolute atomic E-state index is 12.0. The van der Waals surface area contributed by atoms with E-state index in [1.807, 2.05) is 48.5 Å². The van der Waals surface area contributed by atoms with E-state index in [4.69, 9.17) is 14.2 Å². The van der Waals surface area contributed by atoms with E-state index in [2.05, 4.69) is 4.99 Å². The molecule has 0 fully saturated rings. The number of esters is 1. The van der Waals surface area contributed by atoms with Crippen LogP contribution in [0, 0.1) is 0 Å². The molecule has 0 spiro atoms. The van der Waals surface area contributed by atoms with Crippen LogP contribution in [-0.2, 0) is 16.0 Å². The van der Waals surface area contributed by atoms with Crippen molar-refractivity contribution < 1.29 is 19.0 Å². The Kier molecular flexibility index (Phi) is 5.14. The van der Waals surface area contributed by atoms with Gasteiger partial charge < -0.3 is 14.2 Å². The third-order valence-corrected chi connectivity index (χ3v) is 3.86. The molecular formula is C20H19NO4. The molecule has 0 bridgehead atoms. The molecule has 1 aliphatic heterocycles. The summed E-state index contributed by atoms with van der Waals surface area (Å²) in [5.41, 5.74) is 2.18. The number of para-hydroxylation sites is 1. The average Bonchev–Trinajstić information content (AvgIpc) is 3.00. The molecule has 5 heteroatoms. The summed E-state index contributed by atoms with van der Waals surface area (Å²) in [7, 11) is 3.24. The van der Waals surface area contributed by atoms with E-state index in [1.165, 1.54) is 0 Å². The first-order valence-corrected chi connectivity index (χ1v) is 7.97. The highest BCUT2D eigenvalue weighted by Crippen LogP contribution is 2.23. The molecular weight excluding hydrogens is 318 g/mol. The summed E-state index contributed by atoms with van der Waals surface area (Å²) in [6.45, 7) is 0. The van der Waals surface area contributed by atoms with Gasteiger partial charge in [-0.1, -0.05) is 30.3 Å². The maximum Gasteiger partial charge on any atom is 0.363 e. The maximum atomic E-state index is 12.0. The van der Waals surface area contributed by atoms with Crippen LogP contribution in [0.1, 0.15) is 17.5 Å². The van der Waals surface area contributed by atoms with Crippen LogP contribution >= 0.6 is 0 Å². The standard InChI is InChI=1S/C20H19NO4/c1-23-16-8-5-6-14(12-16)13-17-20(22)25-19(21-17)11-10-15-7-3-4-9-18(15)24-2/h3-9,12-13H,10-11H2,1-2H3/b17-13+. The van der Waals surface area contributed by atoms with E-state index in [-0.39, 0.29) is 0 Å². The molecule has 3 rings (SSSR count). The van der Waals surface area contributed by atoms with Crippen LogP contribution in [0.25, 0.3) is 6.08 Å². The van der Waals surface area contributed by atoms with Crippen molar-refractivity contribution in [1.29, 1.82) is 0 Å². The van der Waals surface area contributed by atoms with Crippen LogP contribution in [-0.4, -0.2) is 26.1 Å². The number of ether oxygens (including phenoxy) is 3. The van der Waals surface area contributed by atoms with Gasteiger partial charge in [-0.25, -0.2) is 9.79 Å². The number of methoxy groups -OCH3 is 2. The van der Waals surface area contributed by atoms with Gasteiger partial charge in [0.25, 0.3) is 0 Å². The highest BCUT2D eigenvalue weighted by atomic mass is 16.6. The van der Waals surface area contributed by atoms with Crippen molar-refractivity contribution in [3.05, 3.63) is 65.4 Å². The minimum absolute atomic E-state index is 0.295. The van der Waals surface area contributed by atoms with Crippen molar-refractivity contribution >= 4 is 17.9 Å². The summed E-state index contributed by atoms with van der Waals surface area (Å²) in [5, 5.41) is 0. The van der Waals surface area contributed by atoms with E-state index in [1.54, 1.807) is 20.3 Å². The Balaban J connectivity index is 1.72. The fourth-order valence-electron chi connectivity index (χ4n) is 2.60. The quantitative estimate of drug-likeness (QED) is 0.596. The van der Waals surface area contributed by atoms with Crippen LogP contribution in [0.2, 0.25) is 0 Å². The number of aryl methyl sites for hydroxylation is 1. The number of carbonyl (C=O) groups is 1. The molecule has 0 saturated carbocycles. The second kappa shape index (κ2) is 7.66. The zero-order valence-corrected chi connectivity index (χ0v) is 14.2. The molecule has 1 heterocycles. The van der Waals surface area contributed by atoms with E-state index in [9.17, 15) is 4.79 Å². The number of rotatable bonds is 6. The van der Waals surface area contributed by atoms with Gasteiger partial charge >= 0.3 is 5.97 Å². The summed E-state index contributed by atoms with van der Waals surface area (Å²) < 4.78 is 15.8. The number of benzene rings is 2. The van der Waals surface area contributed by atoms with Crippen molar-refractivity contribution in [2.45, 2.75) is 12.8 Å². The van der Waals surface area contributed by atoms with Gasteiger partial charge in [0, 0.05) is 6.42 Å². The van der Waals surface area contributed by atoms with Gasteiger partial charge in [0.15, 0.2) is 11.6 Å². The molecule has 25 heavy (non-hydrogen) atoms. The van der Waals surface area contributed by atoms with Crippen molar-refractivity contribution in [2.24, 2.45) is 4.99 Å². The second-order valence-electron chi connectivity index (χ2n) is 5.51.